The van der Waals surface area contributed by atoms with Gasteiger partial charge in [-0.2, -0.15) is 0 Å². The Hall–Kier alpha value is -3.11. The number of rotatable bonds is 10. The molecule has 0 unspecified atom stereocenters. The summed E-state index contributed by atoms with van der Waals surface area (Å²) in [4.78, 5) is 28.4. The molecule has 0 aliphatic heterocycles. The molecule has 3 aromatic carbocycles. The highest BCUT2D eigenvalue weighted by Crippen LogP contribution is 2.25. The molecule has 0 saturated heterocycles. The molecule has 0 radical (unpaired) electrons. The average Bonchev–Trinajstić information content (AvgIpc) is 2.83. The first-order valence-corrected chi connectivity index (χ1v) is 11.4. The predicted octanol–water partition coefficient (Wildman–Crippen LogP) is 5.57. The van der Waals surface area contributed by atoms with Gasteiger partial charge >= 0.3 is 0 Å². The van der Waals surface area contributed by atoms with Gasteiger partial charge in [0.2, 0.25) is 11.8 Å². The Morgan fingerprint density at radius 1 is 0.875 bits per heavy atom. The maximum atomic E-state index is 13.5. The zero-order valence-electron chi connectivity index (χ0n) is 18.3. The lowest BCUT2D eigenvalue weighted by atomic mass is 10.0. The minimum atomic E-state index is -0.707. The summed E-state index contributed by atoms with van der Waals surface area (Å²) < 4.78 is 0. The van der Waals surface area contributed by atoms with E-state index in [0.717, 1.165) is 23.1 Å². The lowest BCUT2D eigenvalue weighted by Crippen LogP contribution is -2.43. The molecular weight excluding hydrogens is 420 g/mol. The molecule has 5 heteroatoms. The molecule has 1 N–H and O–H groups in total. The van der Waals surface area contributed by atoms with E-state index >= 15 is 0 Å². The first kappa shape index (κ1) is 23.6. The molecule has 2 amide bonds. The van der Waals surface area contributed by atoms with E-state index in [9.17, 15) is 9.59 Å². The van der Waals surface area contributed by atoms with Crippen LogP contribution in [-0.2, 0) is 22.6 Å². The molecule has 1 atom stereocenters. The molecule has 0 aromatic heterocycles. The summed E-state index contributed by atoms with van der Waals surface area (Å²) in [5.74, 6) is -0.232. The van der Waals surface area contributed by atoms with Crippen molar-refractivity contribution in [3.63, 3.8) is 0 Å². The Kier molecular flexibility index (Phi) is 8.88. The third kappa shape index (κ3) is 6.69. The Labute approximate surface area is 195 Å². The summed E-state index contributed by atoms with van der Waals surface area (Å²) in [6.07, 6.45) is 1.77. The van der Waals surface area contributed by atoms with Gasteiger partial charge in [-0.05, 0) is 41.7 Å². The van der Waals surface area contributed by atoms with Crippen LogP contribution in [0.25, 0.3) is 0 Å². The molecule has 32 heavy (non-hydrogen) atoms. The first-order chi connectivity index (χ1) is 15.6. The van der Waals surface area contributed by atoms with Gasteiger partial charge in [0.25, 0.3) is 0 Å². The van der Waals surface area contributed by atoms with E-state index in [4.69, 9.17) is 11.6 Å². The lowest BCUT2D eigenvalue weighted by Gasteiger charge is -2.32. The minimum Gasteiger partial charge on any atom is -0.354 e. The van der Waals surface area contributed by atoms with Crippen molar-refractivity contribution >= 4 is 23.4 Å². The number of nitrogens with one attached hydrogen (secondary N) is 1. The largest absolute Gasteiger partial charge is 0.354 e. The van der Waals surface area contributed by atoms with Crippen LogP contribution in [0.2, 0.25) is 5.02 Å². The van der Waals surface area contributed by atoms with Crippen LogP contribution in [0.5, 0.6) is 0 Å². The Bertz CT molecular complexity index is 991. The van der Waals surface area contributed by atoms with Crippen molar-refractivity contribution < 1.29 is 9.59 Å². The summed E-state index contributed by atoms with van der Waals surface area (Å²) in [5.41, 5.74) is 2.81. The highest BCUT2D eigenvalue weighted by atomic mass is 35.5. The van der Waals surface area contributed by atoms with Crippen LogP contribution in [-0.4, -0.2) is 23.3 Å². The number of benzene rings is 3. The fraction of sp³-hybridized carbons (Fsp3) is 0.259. The fourth-order valence-corrected chi connectivity index (χ4v) is 3.73. The van der Waals surface area contributed by atoms with Gasteiger partial charge in [-0.1, -0.05) is 91.3 Å². The molecule has 3 rings (SSSR count). The van der Waals surface area contributed by atoms with E-state index in [2.05, 4.69) is 5.32 Å². The number of nitrogens with zero attached hydrogens (tertiary/aromatic N) is 1. The van der Waals surface area contributed by atoms with E-state index in [0.29, 0.717) is 31.0 Å². The molecule has 0 aliphatic carbocycles. The highest BCUT2D eigenvalue weighted by Gasteiger charge is 2.31. The second kappa shape index (κ2) is 12.1. The van der Waals surface area contributed by atoms with Crippen molar-refractivity contribution in [3.05, 3.63) is 107 Å². The second-order valence-corrected chi connectivity index (χ2v) is 8.17. The van der Waals surface area contributed by atoms with Crippen LogP contribution in [0.4, 0.5) is 0 Å². The average molecular weight is 449 g/mol. The summed E-state index contributed by atoms with van der Waals surface area (Å²) >= 11 is 6.05. The Morgan fingerprint density at radius 2 is 1.50 bits per heavy atom. The fourth-order valence-electron chi connectivity index (χ4n) is 3.60. The number of halogens is 1. The quantitative estimate of drug-likeness (QED) is 0.440. The van der Waals surface area contributed by atoms with Gasteiger partial charge in [-0.15, -0.1) is 0 Å². The van der Waals surface area contributed by atoms with Crippen molar-refractivity contribution in [1.82, 2.24) is 10.2 Å². The van der Waals surface area contributed by atoms with Crippen molar-refractivity contribution in [2.45, 2.75) is 38.8 Å². The molecule has 0 saturated carbocycles. The van der Waals surface area contributed by atoms with Crippen molar-refractivity contribution in [2.24, 2.45) is 0 Å². The number of aryl methyl sites for hydroxylation is 1. The maximum Gasteiger partial charge on any atom is 0.247 e. The molecule has 0 fully saturated rings. The van der Waals surface area contributed by atoms with Gasteiger partial charge in [-0.3, -0.25) is 9.59 Å². The monoisotopic (exact) mass is 448 g/mol. The molecule has 0 heterocycles. The van der Waals surface area contributed by atoms with E-state index < -0.39 is 6.04 Å². The van der Waals surface area contributed by atoms with Crippen LogP contribution in [0.3, 0.4) is 0 Å². The predicted molar refractivity (Wildman–Crippen MR) is 129 cm³/mol. The zero-order chi connectivity index (χ0) is 22.8. The van der Waals surface area contributed by atoms with Crippen molar-refractivity contribution in [2.75, 3.05) is 6.54 Å². The van der Waals surface area contributed by atoms with Crippen molar-refractivity contribution in [3.8, 4) is 0 Å². The van der Waals surface area contributed by atoms with Crippen molar-refractivity contribution in [1.29, 1.82) is 0 Å². The van der Waals surface area contributed by atoms with E-state index in [1.807, 2.05) is 79.7 Å². The molecule has 0 spiro atoms. The van der Waals surface area contributed by atoms with Gasteiger partial charge in [0, 0.05) is 24.5 Å². The minimum absolute atomic E-state index is 0.0655. The van der Waals surface area contributed by atoms with Crippen LogP contribution in [0.15, 0.2) is 84.9 Å². The van der Waals surface area contributed by atoms with E-state index in [-0.39, 0.29) is 11.8 Å². The Morgan fingerprint density at radius 3 is 2.12 bits per heavy atom. The van der Waals surface area contributed by atoms with Gasteiger partial charge in [0.15, 0.2) is 0 Å². The number of hydrogen-bond acceptors (Lipinski definition) is 2. The topological polar surface area (TPSA) is 49.4 Å². The zero-order valence-corrected chi connectivity index (χ0v) is 19.1. The molecule has 4 nitrogen and oxygen atoms in total. The highest BCUT2D eigenvalue weighted by molar-refractivity contribution is 6.30. The maximum absolute atomic E-state index is 13.5. The summed E-state index contributed by atoms with van der Waals surface area (Å²) in [5, 5.41) is 3.62. The SMILES string of the molecule is CCCNC(=O)[C@H](c1ccccc1)N(Cc1ccc(Cl)cc1)C(=O)CCc1ccccc1. The van der Waals surface area contributed by atoms with Crippen LogP contribution < -0.4 is 5.32 Å². The Balaban J connectivity index is 1.91. The molecule has 0 aliphatic rings. The lowest BCUT2D eigenvalue weighted by molar-refractivity contribution is -0.141. The van der Waals surface area contributed by atoms with E-state index in [1.54, 1.807) is 17.0 Å². The normalized spacial score (nSPS) is 11.6. The molecule has 166 valence electrons. The third-order valence-electron chi connectivity index (χ3n) is 5.28. The van der Waals surface area contributed by atoms with Crippen LogP contribution in [0, 0.1) is 0 Å². The van der Waals surface area contributed by atoms with Gasteiger partial charge in [-0.25, -0.2) is 0 Å². The van der Waals surface area contributed by atoms with Crippen LogP contribution >= 0.6 is 11.6 Å². The number of amides is 2. The van der Waals surface area contributed by atoms with Crippen LogP contribution in [0.1, 0.15) is 42.5 Å². The number of hydrogen-bond donors (Lipinski definition) is 1. The standard InChI is InChI=1S/C27H29ClN2O2/c1-2-19-29-27(32)26(23-11-7-4-8-12-23)30(20-22-13-16-24(28)17-14-22)25(31)18-15-21-9-5-3-6-10-21/h3-14,16-17,26H,2,15,18-20H2,1H3,(H,29,32)/t26-/m0/s1. The van der Waals surface area contributed by atoms with Gasteiger partial charge in [0.05, 0.1) is 0 Å². The second-order valence-electron chi connectivity index (χ2n) is 7.74. The smallest absolute Gasteiger partial charge is 0.247 e. The molecule has 3 aromatic rings. The first-order valence-electron chi connectivity index (χ1n) is 11.0. The summed E-state index contributed by atoms with van der Waals surface area (Å²) in [6.45, 7) is 2.90. The van der Waals surface area contributed by atoms with Gasteiger partial charge in [0.1, 0.15) is 6.04 Å². The third-order valence-corrected chi connectivity index (χ3v) is 5.53. The summed E-state index contributed by atoms with van der Waals surface area (Å²) in [7, 11) is 0. The number of carbonyl (C=O) groups is 2. The molecular formula is C27H29ClN2O2. The summed E-state index contributed by atoms with van der Waals surface area (Å²) in [6, 6.07) is 26.1. The molecule has 0 bridgehead atoms. The number of carbonyl (C=O) groups excluding carboxylic acids is 2. The van der Waals surface area contributed by atoms with Gasteiger partial charge < -0.3 is 10.2 Å². The van der Waals surface area contributed by atoms with E-state index in [1.165, 1.54) is 0 Å².